The summed E-state index contributed by atoms with van der Waals surface area (Å²) in [5, 5.41) is 2.42. The lowest BCUT2D eigenvalue weighted by Gasteiger charge is -2.13. The molecule has 0 rings (SSSR count). The third kappa shape index (κ3) is 4.61. The highest BCUT2D eigenvalue weighted by atomic mass is 16.5. The molecule has 1 amide bonds. The van der Waals surface area contributed by atoms with Crippen molar-refractivity contribution in [3.8, 4) is 0 Å². The second-order valence-corrected chi connectivity index (χ2v) is 2.94. The summed E-state index contributed by atoms with van der Waals surface area (Å²) in [5.74, 6) is -0.882. The van der Waals surface area contributed by atoms with Gasteiger partial charge in [0.1, 0.15) is 12.6 Å². The van der Waals surface area contributed by atoms with Crippen LogP contribution in [0.4, 0.5) is 0 Å². The van der Waals surface area contributed by atoms with Crippen molar-refractivity contribution in [3.63, 3.8) is 0 Å². The van der Waals surface area contributed by atoms with Crippen LogP contribution in [0.1, 0.15) is 13.8 Å². The first-order valence-electron chi connectivity index (χ1n) is 4.32. The maximum atomic E-state index is 11.1. The molecule has 5 heteroatoms. The molecule has 0 aromatic rings. The highest BCUT2D eigenvalue weighted by Gasteiger charge is 2.18. The Morgan fingerprint density at radius 3 is 2.57 bits per heavy atom. The molecule has 0 heterocycles. The number of amides is 1. The van der Waals surface area contributed by atoms with E-state index in [1.165, 1.54) is 19.9 Å². The Balaban J connectivity index is 3.94. The Kier molecular flexibility index (Phi) is 5.55. The molecule has 0 aliphatic carbocycles. The number of ether oxygens (including phenoxy) is 1. The number of carbonyl (C=O) groups excluding carboxylic acids is 2. The van der Waals surface area contributed by atoms with E-state index in [1.807, 2.05) is 0 Å². The molecule has 0 spiro atoms. The summed E-state index contributed by atoms with van der Waals surface area (Å²) < 4.78 is 4.72. The highest BCUT2D eigenvalue weighted by Crippen LogP contribution is 1.89. The van der Waals surface area contributed by atoms with Crippen LogP contribution in [0.25, 0.3) is 0 Å². The first kappa shape index (κ1) is 12.6. The topological polar surface area (TPSA) is 81.4 Å². The molecule has 0 bridgehead atoms. The number of rotatable bonds is 5. The van der Waals surface area contributed by atoms with Crippen molar-refractivity contribution in [2.24, 2.45) is 5.73 Å². The Morgan fingerprint density at radius 2 is 2.14 bits per heavy atom. The molecule has 0 saturated carbocycles. The zero-order chi connectivity index (χ0) is 11.1. The summed E-state index contributed by atoms with van der Waals surface area (Å²) in [5.41, 5.74) is 5.30. The number of esters is 1. The third-order valence-electron chi connectivity index (χ3n) is 1.47. The standard InChI is InChI=1S/C9H16N2O3/c1-4-5-14-9(13)7(3)11-8(12)6(2)10/h4,6-7H,1,5,10H2,2-3H3,(H,11,12)/t6-,7-/m0/s1. The fourth-order valence-electron chi connectivity index (χ4n) is 0.670. The van der Waals surface area contributed by atoms with E-state index >= 15 is 0 Å². The van der Waals surface area contributed by atoms with Gasteiger partial charge in [-0.3, -0.25) is 4.79 Å². The van der Waals surface area contributed by atoms with E-state index in [0.29, 0.717) is 0 Å². The van der Waals surface area contributed by atoms with E-state index in [4.69, 9.17) is 10.5 Å². The van der Waals surface area contributed by atoms with Crippen molar-refractivity contribution in [2.75, 3.05) is 6.61 Å². The summed E-state index contributed by atoms with van der Waals surface area (Å²) in [7, 11) is 0. The summed E-state index contributed by atoms with van der Waals surface area (Å²) >= 11 is 0. The van der Waals surface area contributed by atoms with Crippen LogP contribution >= 0.6 is 0 Å². The van der Waals surface area contributed by atoms with Crippen LogP contribution in [-0.4, -0.2) is 30.6 Å². The smallest absolute Gasteiger partial charge is 0.328 e. The lowest BCUT2D eigenvalue weighted by molar-refractivity contribution is -0.146. The largest absolute Gasteiger partial charge is 0.460 e. The maximum absolute atomic E-state index is 11.1. The van der Waals surface area contributed by atoms with Gasteiger partial charge in [0, 0.05) is 0 Å². The molecule has 0 aliphatic heterocycles. The van der Waals surface area contributed by atoms with Crippen LogP contribution in [0.3, 0.4) is 0 Å². The van der Waals surface area contributed by atoms with Gasteiger partial charge in [0.05, 0.1) is 6.04 Å². The molecule has 80 valence electrons. The lowest BCUT2D eigenvalue weighted by atomic mass is 10.3. The fraction of sp³-hybridized carbons (Fsp3) is 0.556. The van der Waals surface area contributed by atoms with Gasteiger partial charge in [-0.05, 0) is 13.8 Å². The second kappa shape index (κ2) is 6.15. The number of hydrogen-bond acceptors (Lipinski definition) is 4. The van der Waals surface area contributed by atoms with Gasteiger partial charge in [-0.25, -0.2) is 4.79 Å². The van der Waals surface area contributed by atoms with Gasteiger partial charge in [-0.2, -0.15) is 0 Å². The van der Waals surface area contributed by atoms with Crippen LogP contribution < -0.4 is 11.1 Å². The molecule has 5 nitrogen and oxygen atoms in total. The van der Waals surface area contributed by atoms with E-state index in [9.17, 15) is 9.59 Å². The van der Waals surface area contributed by atoms with E-state index < -0.39 is 18.1 Å². The van der Waals surface area contributed by atoms with E-state index in [1.54, 1.807) is 0 Å². The summed E-state index contributed by atoms with van der Waals surface area (Å²) in [4.78, 5) is 22.2. The quantitative estimate of drug-likeness (QED) is 0.466. The number of nitrogens with two attached hydrogens (primary N) is 1. The van der Waals surface area contributed by atoms with Crippen molar-refractivity contribution in [2.45, 2.75) is 25.9 Å². The Labute approximate surface area is 83.3 Å². The molecule has 0 radical (unpaired) electrons. The minimum Gasteiger partial charge on any atom is -0.460 e. The zero-order valence-electron chi connectivity index (χ0n) is 8.45. The second-order valence-electron chi connectivity index (χ2n) is 2.94. The Bertz CT molecular complexity index is 226. The zero-order valence-corrected chi connectivity index (χ0v) is 8.45. The maximum Gasteiger partial charge on any atom is 0.328 e. The van der Waals surface area contributed by atoms with Crippen LogP contribution in [0.5, 0.6) is 0 Å². The summed E-state index contributed by atoms with van der Waals surface area (Å²) in [6, 6.07) is -1.32. The first-order valence-corrected chi connectivity index (χ1v) is 4.32. The van der Waals surface area contributed by atoms with Crippen molar-refractivity contribution in [3.05, 3.63) is 12.7 Å². The van der Waals surface area contributed by atoms with Crippen LogP contribution in [0.15, 0.2) is 12.7 Å². The summed E-state index contributed by atoms with van der Waals surface area (Å²) in [6.45, 7) is 6.60. The third-order valence-corrected chi connectivity index (χ3v) is 1.47. The van der Waals surface area contributed by atoms with Gasteiger partial charge in [0.2, 0.25) is 5.91 Å². The minimum atomic E-state index is -0.687. The molecule has 3 N–H and O–H groups in total. The minimum absolute atomic E-state index is 0.136. The van der Waals surface area contributed by atoms with Gasteiger partial charge in [0.25, 0.3) is 0 Å². The monoisotopic (exact) mass is 200 g/mol. The molecule has 0 saturated heterocycles. The Hall–Kier alpha value is -1.36. The van der Waals surface area contributed by atoms with Gasteiger partial charge in [0.15, 0.2) is 0 Å². The number of nitrogens with one attached hydrogen (secondary N) is 1. The highest BCUT2D eigenvalue weighted by molar-refractivity contribution is 5.86. The lowest BCUT2D eigenvalue weighted by Crippen LogP contribution is -2.46. The molecular formula is C9H16N2O3. The summed E-state index contributed by atoms with van der Waals surface area (Å²) in [6.07, 6.45) is 1.46. The molecule has 0 aliphatic rings. The average molecular weight is 200 g/mol. The van der Waals surface area contributed by atoms with Gasteiger partial charge in [-0.15, -0.1) is 0 Å². The van der Waals surface area contributed by atoms with Gasteiger partial charge < -0.3 is 15.8 Å². The molecule has 14 heavy (non-hydrogen) atoms. The predicted octanol–water partition coefficient (Wildman–Crippen LogP) is -0.432. The van der Waals surface area contributed by atoms with E-state index in [-0.39, 0.29) is 12.5 Å². The van der Waals surface area contributed by atoms with Crippen molar-refractivity contribution < 1.29 is 14.3 Å². The average Bonchev–Trinajstić information content (AvgIpc) is 2.13. The predicted molar refractivity (Wildman–Crippen MR) is 52.4 cm³/mol. The van der Waals surface area contributed by atoms with Gasteiger partial charge in [-0.1, -0.05) is 12.7 Å². The molecule has 0 fully saturated rings. The first-order chi connectivity index (χ1) is 6.49. The molecule has 0 unspecified atom stereocenters. The van der Waals surface area contributed by atoms with Crippen LogP contribution in [0, 0.1) is 0 Å². The van der Waals surface area contributed by atoms with Crippen molar-refractivity contribution >= 4 is 11.9 Å². The normalized spacial score (nSPS) is 13.9. The van der Waals surface area contributed by atoms with Crippen molar-refractivity contribution in [1.29, 1.82) is 0 Å². The van der Waals surface area contributed by atoms with E-state index in [2.05, 4.69) is 11.9 Å². The van der Waals surface area contributed by atoms with Crippen LogP contribution in [-0.2, 0) is 14.3 Å². The van der Waals surface area contributed by atoms with Gasteiger partial charge >= 0.3 is 5.97 Å². The number of carbonyl (C=O) groups is 2. The number of hydrogen-bond donors (Lipinski definition) is 2. The fourth-order valence-corrected chi connectivity index (χ4v) is 0.670. The van der Waals surface area contributed by atoms with E-state index in [0.717, 1.165) is 0 Å². The van der Waals surface area contributed by atoms with Crippen LogP contribution in [0.2, 0.25) is 0 Å². The van der Waals surface area contributed by atoms with Crippen molar-refractivity contribution in [1.82, 2.24) is 5.32 Å². The molecule has 0 aromatic carbocycles. The molecular weight excluding hydrogens is 184 g/mol. The molecule has 2 atom stereocenters. The Morgan fingerprint density at radius 1 is 1.57 bits per heavy atom. The molecule has 0 aromatic heterocycles. The SMILES string of the molecule is C=CCOC(=O)[C@H](C)NC(=O)[C@H](C)N.